The number of benzene rings is 1. The van der Waals surface area contributed by atoms with Crippen LogP contribution in [0.5, 0.6) is 0 Å². The minimum absolute atomic E-state index is 0.139. The Balaban J connectivity index is 2.96. The van der Waals surface area contributed by atoms with Crippen molar-refractivity contribution in [3.8, 4) is 0 Å². The zero-order valence-corrected chi connectivity index (χ0v) is 5.98. The highest BCUT2D eigenvalue weighted by Gasteiger charge is 1.93. The topological polar surface area (TPSA) is 0 Å². The van der Waals surface area contributed by atoms with Crippen LogP contribution in [0.25, 0.3) is 5.03 Å². The Bertz CT molecular complexity index is 228. The van der Waals surface area contributed by atoms with Crippen molar-refractivity contribution in [2.24, 2.45) is 0 Å². The van der Waals surface area contributed by atoms with Crippen molar-refractivity contribution in [3.05, 3.63) is 42.2 Å². The third kappa shape index (κ3) is 1.58. The van der Waals surface area contributed by atoms with Gasteiger partial charge in [0.25, 0.3) is 0 Å². The summed E-state index contributed by atoms with van der Waals surface area (Å²) in [6.45, 7) is 0. The lowest BCUT2D eigenvalue weighted by molar-refractivity contribution is 0.726. The summed E-state index contributed by atoms with van der Waals surface area (Å²) in [5.74, 6) is 0. The van der Waals surface area contributed by atoms with Crippen molar-refractivity contribution in [2.45, 2.75) is 0 Å². The normalized spacial score (nSPS) is 11.6. The molecule has 0 aliphatic carbocycles. The van der Waals surface area contributed by atoms with Crippen LogP contribution in [-0.2, 0) is 0 Å². The molecule has 10 heavy (non-hydrogen) atoms. The zero-order valence-electron chi connectivity index (χ0n) is 5.22. The molecule has 0 atom stereocenters. The summed E-state index contributed by atoms with van der Waals surface area (Å²) in [5.41, 5.74) is 0.701. The van der Waals surface area contributed by atoms with Gasteiger partial charge in [-0.25, -0.2) is 4.39 Å². The van der Waals surface area contributed by atoms with Crippen molar-refractivity contribution in [1.29, 1.82) is 0 Å². The molecule has 0 spiro atoms. The first-order chi connectivity index (χ1) is 4.84. The Kier molecular flexibility index (Phi) is 2.46. The van der Waals surface area contributed by atoms with Crippen LogP contribution in [0, 0.1) is 0 Å². The van der Waals surface area contributed by atoms with E-state index in [0.29, 0.717) is 11.9 Å². The smallest absolute Gasteiger partial charge is 0.106 e. The molecule has 52 valence electrons. The Morgan fingerprint density at radius 2 is 1.90 bits per heavy atom. The fourth-order valence-corrected chi connectivity index (χ4v) is 0.786. The van der Waals surface area contributed by atoms with Crippen molar-refractivity contribution in [2.75, 3.05) is 0 Å². The van der Waals surface area contributed by atoms with E-state index in [-0.39, 0.29) is 5.03 Å². The van der Waals surface area contributed by atoms with E-state index in [9.17, 15) is 4.39 Å². The molecule has 0 fully saturated rings. The largest absolute Gasteiger partial charge is 0.214 e. The molecule has 0 N–H and O–H groups in total. The van der Waals surface area contributed by atoms with Gasteiger partial charge in [0.05, 0.1) is 5.03 Å². The molecule has 0 aliphatic rings. The molecule has 0 nitrogen and oxygen atoms in total. The third-order valence-electron chi connectivity index (χ3n) is 1.15. The van der Waals surface area contributed by atoms with Gasteiger partial charge in [0.1, 0.15) is 6.33 Å². The van der Waals surface area contributed by atoms with Crippen LogP contribution in [0.15, 0.2) is 36.7 Å². The van der Waals surface area contributed by atoms with Crippen LogP contribution in [0.3, 0.4) is 0 Å². The Labute approximate surface area is 63.9 Å². The Hall–Kier alpha value is -0.820. The van der Waals surface area contributed by atoms with Crippen LogP contribution >= 0.6 is 11.6 Å². The first kappa shape index (κ1) is 7.29. The van der Waals surface area contributed by atoms with Gasteiger partial charge in [0, 0.05) is 0 Å². The lowest BCUT2D eigenvalue weighted by Gasteiger charge is -1.93. The fourth-order valence-electron chi connectivity index (χ4n) is 0.660. The van der Waals surface area contributed by atoms with Crippen LogP contribution in [0.1, 0.15) is 5.56 Å². The van der Waals surface area contributed by atoms with E-state index in [0.717, 1.165) is 0 Å². The molecule has 0 unspecified atom stereocenters. The van der Waals surface area contributed by atoms with Gasteiger partial charge in [-0.15, -0.1) is 0 Å². The SMILES string of the molecule is F/C=C(\Cl)c1ccccc1. The maximum Gasteiger partial charge on any atom is 0.106 e. The van der Waals surface area contributed by atoms with E-state index in [1.165, 1.54) is 0 Å². The average Bonchev–Trinajstić information content (AvgIpc) is 2.05. The van der Waals surface area contributed by atoms with E-state index in [4.69, 9.17) is 11.6 Å². The second kappa shape index (κ2) is 3.37. The second-order valence-corrected chi connectivity index (χ2v) is 2.23. The molecule has 1 aromatic carbocycles. The minimum atomic E-state index is 0.139. The van der Waals surface area contributed by atoms with Crippen LogP contribution in [0.2, 0.25) is 0 Å². The second-order valence-electron chi connectivity index (χ2n) is 1.82. The van der Waals surface area contributed by atoms with Gasteiger partial charge in [0.15, 0.2) is 0 Å². The summed E-state index contributed by atoms with van der Waals surface area (Å²) in [4.78, 5) is 0. The van der Waals surface area contributed by atoms with Crippen molar-refractivity contribution < 1.29 is 4.39 Å². The minimum Gasteiger partial charge on any atom is -0.214 e. The van der Waals surface area contributed by atoms with Gasteiger partial charge < -0.3 is 0 Å². The predicted octanol–water partition coefficient (Wildman–Crippen LogP) is 3.19. The number of hydrogen-bond donors (Lipinski definition) is 0. The lowest BCUT2D eigenvalue weighted by Crippen LogP contribution is -1.72. The average molecular weight is 157 g/mol. The quantitative estimate of drug-likeness (QED) is 0.586. The van der Waals surface area contributed by atoms with E-state index in [2.05, 4.69) is 0 Å². The van der Waals surface area contributed by atoms with Gasteiger partial charge in [-0.05, 0) is 5.56 Å². The highest BCUT2D eigenvalue weighted by Crippen LogP contribution is 2.17. The monoisotopic (exact) mass is 156 g/mol. The van der Waals surface area contributed by atoms with Crippen LogP contribution in [-0.4, -0.2) is 0 Å². The molecule has 2 heteroatoms. The van der Waals surface area contributed by atoms with E-state index >= 15 is 0 Å². The van der Waals surface area contributed by atoms with Crippen molar-refractivity contribution in [1.82, 2.24) is 0 Å². The first-order valence-corrected chi connectivity index (χ1v) is 3.23. The highest BCUT2D eigenvalue weighted by molar-refractivity contribution is 6.48. The number of halogens is 2. The standard InChI is InChI=1S/C8H6ClF/c9-8(6-10)7-4-2-1-3-5-7/h1-6H/b8-6-. The summed E-state index contributed by atoms with van der Waals surface area (Å²) >= 11 is 5.48. The summed E-state index contributed by atoms with van der Waals surface area (Å²) in [6, 6.07) is 8.96. The van der Waals surface area contributed by atoms with Crippen LogP contribution < -0.4 is 0 Å². The van der Waals surface area contributed by atoms with Gasteiger partial charge in [-0.2, -0.15) is 0 Å². The summed E-state index contributed by atoms with van der Waals surface area (Å²) < 4.78 is 11.8. The van der Waals surface area contributed by atoms with E-state index < -0.39 is 0 Å². The highest BCUT2D eigenvalue weighted by atomic mass is 35.5. The van der Waals surface area contributed by atoms with E-state index in [1.807, 2.05) is 6.07 Å². The molecule has 0 saturated heterocycles. The fraction of sp³-hybridized carbons (Fsp3) is 0. The first-order valence-electron chi connectivity index (χ1n) is 2.86. The molecule has 1 rings (SSSR count). The molecule has 0 radical (unpaired) electrons. The maximum absolute atomic E-state index is 11.8. The van der Waals surface area contributed by atoms with Gasteiger partial charge in [-0.3, -0.25) is 0 Å². The van der Waals surface area contributed by atoms with Gasteiger partial charge >= 0.3 is 0 Å². The van der Waals surface area contributed by atoms with Crippen molar-refractivity contribution in [3.63, 3.8) is 0 Å². The summed E-state index contributed by atoms with van der Waals surface area (Å²) in [5, 5.41) is 0.139. The van der Waals surface area contributed by atoms with Gasteiger partial charge in [0.2, 0.25) is 0 Å². The van der Waals surface area contributed by atoms with Crippen molar-refractivity contribution >= 4 is 16.6 Å². The molecule has 0 saturated carbocycles. The Morgan fingerprint density at radius 3 is 2.40 bits per heavy atom. The predicted molar refractivity (Wildman–Crippen MR) is 41.4 cm³/mol. The number of rotatable bonds is 1. The van der Waals surface area contributed by atoms with Crippen LogP contribution in [0.4, 0.5) is 4.39 Å². The molecular formula is C8H6ClF. The molecule has 0 heterocycles. The molecule has 0 amide bonds. The lowest BCUT2D eigenvalue weighted by atomic mass is 10.2. The third-order valence-corrected chi connectivity index (χ3v) is 1.45. The van der Waals surface area contributed by atoms with Gasteiger partial charge in [-0.1, -0.05) is 41.9 Å². The maximum atomic E-state index is 11.8. The number of hydrogen-bond acceptors (Lipinski definition) is 0. The summed E-state index contributed by atoms with van der Waals surface area (Å²) in [7, 11) is 0. The zero-order chi connectivity index (χ0) is 7.40. The molecule has 1 aromatic rings. The molecular weight excluding hydrogens is 151 g/mol. The van der Waals surface area contributed by atoms with E-state index in [1.54, 1.807) is 24.3 Å². The molecule has 0 aromatic heterocycles. The summed E-state index contributed by atoms with van der Waals surface area (Å²) in [6.07, 6.45) is 0.386. The molecule has 0 aliphatic heterocycles. The molecule has 0 bridgehead atoms. The Morgan fingerprint density at radius 1 is 1.30 bits per heavy atom.